The Hall–Kier alpha value is -11.7. The maximum Gasteiger partial charge on any atom is 0.291 e. The highest BCUT2D eigenvalue weighted by atomic mass is 35.5. The van der Waals surface area contributed by atoms with Crippen molar-refractivity contribution in [3.05, 3.63) is 155 Å². The number of fused-ring (bicyclic) bond motifs is 1. The fourth-order valence-corrected chi connectivity index (χ4v) is 12.5. The van der Waals surface area contributed by atoms with E-state index in [-0.39, 0.29) is 134 Å². The average Bonchev–Trinajstić information content (AvgIpc) is 1.13. The molecule has 634 valence electrons. The molecule has 12 N–H and O–H groups in total. The number of nitrogens with zero attached hydrogens (tertiary/aromatic N) is 9. The van der Waals surface area contributed by atoms with Crippen LogP contribution in [0.1, 0.15) is 114 Å². The molecule has 0 saturated heterocycles. The SMILES string of the molecule is CC(=O)N1c2ccc(-c3ccc(C(=O)NCCOCCOCCOCCOCCOCCOCCOCCOCCNC(=O)c4nc(NC(=O)CCNC(=O)c5cc(NC(=O)c6nc(NC(=O)CCNC(=O)c7cc(NC(=O)c8nc(NC(=O)CCN)cn8C)cn7C)cn6C)cn5C)cn4C)cc3)cc2[C@H](Nc2ccc(Cl)cc2)C[C@@H]1C. The van der Waals surface area contributed by atoms with Crippen molar-refractivity contribution in [1.82, 2.24) is 59.1 Å². The van der Waals surface area contributed by atoms with Gasteiger partial charge in [0, 0.05) is 153 Å². The number of imidazole rings is 3. The van der Waals surface area contributed by atoms with Crippen molar-refractivity contribution >= 4 is 111 Å². The molecule has 118 heavy (non-hydrogen) atoms. The third-order valence-electron chi connectivity index (χ3n) is 18.0. The first-order chi connectivity index (χ1) is 56.9. The molecule has 5 aromatic heterocycles. The smallest absolute Gasteiger partial charge is 0.291 e. The number of amides is 10. The number of benzene rings is 3. The molecule has 9 rings (SSSR count). The summed E-state index contributed by atoms with van der Waals surface area (Å²) in [4.78, 5) is 143. The van der Waals surface area contributed by atoms with E-state index in [9.17, 15) is 47.9 Å². The Balaban J connectivity index is 0.520. The zero-order valence-electron chi connectivity index (χ0n) is 67.1. The Morgan fingerprint density at radius 2 is 0.797 bits per heavy atom. The Morgan fingerprint density at radius 3 is 1.21 bits per heavy atom. The monoisotopic (exact) mass is 1650 g/mol. The minimum absolute atomic E-state index is 0.00662. The molecule has 0 aliphatic carbocycles. The highest BCUT2D eigenvalue weighted by Crippen LogP contribution is 2.41. The zero-order chi connectivity index (χ0) is 84.5. The molecule has 3 aromatic carbocycles. The largest absolute Gasteiger partial charge is 0.378 e. The molecule has 2 atom stereocenters. The lowest BCUT2D eigenvalue weighted by Crippen LogP contribution is -2.43. The zero-order valence-corrected chi connectivity index (χ0v) is 67.8. The molecule has 1 aliphatic heterocycles. The summed E-state index contributed by atoms with van der Waals surface area (Å²) < 4.78 is 51.8. The van der Waals surface area contributed by atoms with Crippen molar-refractivity contribution < 1.29 is 85.8 Å². The number of ether oxygens (including phenoxy) is 8. The molecule has 0 fully saturated rings. The van der Waals surface area contributed by atoms with Crippen LogP contribution in [-0.2, 0) is 92.3 Å². The third-order valence-corrected chi connectivity index (χ3v) is 18.3. The number of aromatic nitrogens is 8. The van der Waals surface area contributed by atoms with Crippen LogP contribution in [0.4, 0.5) is 40.2 Å². The quantitative estimate of drug-likeness (QED) is 0.0228. The van der Waals surface area contributed by atoms with Crippen molar-refractivity contribution in [2.45, 2.75) is 51.6 Å². The number of hydrogen-bond acceptors (Lipinski definition) is 23. The topological polar surface area (TPSA) is 457 Å². The van der Waals surface area contributed by atoms with E-state index in [1.165, 1.54) is 66.0 Å². The molecule has 10 amide bonds. The molecule has 6 heterocycles. The van der Waals surface area contributed by atoms with Crippen LogP contribution in [-0.4, -0.2) is 241 Å². The van der Waals surface area contributed by atoms with Gasteiger partial charge >= 0.3 is 0 Å². The van der Waals surface area contributed by atoms with Crippen molar-refractivity contribution in [2.24, 2.45) is 41.0 Å². The standard InChI is InChI=1S/C79H103ClN20O18/c1-51-42-61(86-57-15-13-56(80)14-16-57)60-43-55(12-17-62(60)100(51)52(2)101)53-8-10-54(11-9-53)74(105)84-24-26-111-28-30-113-32-34-115-36-38-117-40-41-118-39-37-116-35-33-114-31-29-112-27-25-85-77(108)71-92-66(48-97(71)5)90-69(103)19-22-82-75(106)64-45-59(47-96(64)4)88-79(110)73-94-67(50-99(73)7)91-70(104)20-23-83-76(107)63-44-58(46-95(63)3)87-78(109)72-93-65(49-98(72)6)89-68(102)18-21-81/h8-17,43-51,61,86H,18-42,81H2,1-7H3,(H,82,106)(H,83,107)(H,84,105)(H,85,108)(H,87,109)(H,88,110)(H,89,102)(H,90,103)(H,91,104)/t51-,61+/m0/s1. The van der Waals surface area contributed by atoms with Crippen LogP contribution >= 0.6 is 11.6 Å². The van der Waals surface area contributed by atoms with Crippen LogP contribution in [0.5, 0.6) is 0 Å². The second-order valence-corrected chi connectivity index (χ2v) is 27.6. The molecule has 8 aromatic rings. The molecule has 0 bridgehead atoms. The number of halogens is 1. The van der Waals surface area contributed by atoms with E-state index in [1.54, 1.807) is 54.3 Å². The number of nitrogens with one attached hydrogen (secondary N) is 10. The molecule has 0 saturated carbocycles. The summed E-state index contributed by atoms with van der Waals surface area (Å²) in [5.74, 6) is -3.96. The van der Waals surface area contributed by atoms with Gasteiger partial charge in [0.2, 0.25) is 41.1 Å². The van der Waals surface area contributed by atoms with E-state index >= 15 is 0 Å². The van der Waals surface area contributed by atoms with Gasteiger partial charge in [0.1, 0.15) is 11.4 Å². The molecule has 0 spiro atoms. The first-order valence-corrected chi connectivity index (χ1v) is 38.8. The third kappa shape index (κ3) is 28.0. The normalized spacial score (nSPS) is 13.0. The number of carbonyl (C=O) groups excluding carboxylic acids is 10. The van der Waals surface area contributed by atoms with Crippen LogP contribution in [0.3, 0.4) is 0 Å². The number of rotatable bonds is 49. The maximum absolute atomic E-state index is 13.3. The Kier molecular flexibility index (Phi) is 35.4. The van der Waals surface area contributed by atoms with Gasteiger partial charge in [-0.25, -0.2) is 15.0 Å². The van der Waals surface area contributed by atoms with E-state index in [0.717, 1.165) is 34.5 Å². The van der Waals surface area contributed by atoms with Crippen molar-refractivity contribution in [3.63, 3.8) is 0 Å². The summed E-state index contributed by atoms with van der Waals surface area (Å²) in [6, 6.07) is 24.0. The fraction of sp³-hybridized carbons (Fsp3) is 0.430. The van der Waals surface area contributed by atoms with Crippen LogP contribution in [0, 0.1) is 0 Å². The van der Waals surface area contributed by atoms with E-state index in [0.29, 0.717) is 122 Å². The van der Waals surface area contributed by atoms with Gasteiger partial charge in [-0.3, -0.25) is 47.9 Å². The van der Waals surface area contributed by atoms with Gasteiger partial charge < -0.3 is 125 Å². The first-order valence-electron chi connectivity index (χ1n) is 38.4. The highest BCUT2D eigenvalue weighted by Gasteiger charge is 2.33. The Bertz CT molecular complexity index is 4710. The van der Waals surface area contributed by atoms with Crippen LogP contribution < -0.4 is 63.8 Å². The van der Waals surface area contributed by atoms with Crippen molar-refractivity contribution in [3.8, 4) is 11.1 Å². The van der Waals surface area contributed by atoms with Gasteiger partial charge in [0.25, 0.3) is 35.4 Å². The van der Waals surface area contributed by atoms with Gasteiger partial charge in [-0.15, -0.1) is 0 Å². The minimum Gasteiger partial charge on any atom is -0.378 e. The molecular formula is C79H103ClN20O18. The van der Waals surface area contributed by atoms with Gasteiger partial charge in [0.05, 0.1) is 123 Å². The number of hydrogen-bond donors (Lipinski definition) is 11. The van der Waals surface area contributed by atoms with Gasteiger partial charge in [-0.1, -0.05) is 29.8 Å². The number of nitrogens with two attached hydrogens (primary N) is 1. The lowest BCUT2D eigenvalue weighted by atomic mass is 9.88. The summed E-state index contributed by atoms with van der Waals surface area (Å²) in [5.41, 5.74) is 11.6. The lowest BCUT2D eigenvalue weighted by Gasteiger charge is -2.39. The van der Waals surface area contributed by atoms with Gasteiger partial charge in [-0.05, 0) is 90.7 Å². The lowest BCUT2D eigenvalue weighted by molar-refractivity contribution is -0.117. The van der Waals surface area contributed by atoms with E-state index < -0.39 is 41.4 Å². The predicted molar refractivity (Wildman–Crippen MR) is 438 cm³/mol. The van der Waals surface area contributed by atoms with Crippen molar-refractivity contribution in [2.75, 3.05) is 175 Å². The van der Waals surface area contributed by atoms with Crippen LogP contribution in [0.2, 0.25) is 5.02 Å². The minimum atomic E-state index is -0.649. The van der Waals surface area contributed by atoms with E-state index in [1.807, 2.05) is 53.4 Å². The number of carbonyl (C=O) groups is 10. The van der Waals surface area contributed by atoms with Crippen LogP contribution in [0.25, 0.3) is 11.1 Å². The first kappa shape index (κ1) is 90.2. The summed E-state index contributed by atoms with van der Waals surface area (Å²) in [6.07, 6.45) is 7.95. The maximum atomic E-state index is 13.3. The number of anilines is 7. The average molecular weight is 1660 g/mol. The molecule has 0 unspecified atom stereocenters. The van der Waals surface area contributed by atoms with E-state index in [2.05, 4.69) is 81.1 Å². The second kappa shape index (κ2) is 46.3. The molecule has 0 radical (unpaired) electrons. The van der Waals surface area contributed by atoms with Gasteiger partial charge in [-0.2, -0.15) is 0 Å². The summed E-state index contributed by atoms with van der Waals surface area (Å²) in [5, 5.41) is 28.4. The second-order valence-electron chi connectivity index (χ2n) is 27.2. The van der Waals surface area contributed by atoms with Gasteiger partial charge in [0.15, 0.2) is 17.5 Å². The highest BCUT2D eigenvalue weighted by molar-refractivity contribution is 6.30. The molecule has 38 nitrogen and oxygen atoms in total. The van der Waals surface area contributed by atoms with Crippen LogP contribution in [0.15, 0.2) is 110 Å². The Morgan fingerprint density at radius 1 is 0.415 bits per heavy atom. The molecule has 1 aliphatic rings. The molecular weight excluding hydrogens is 1550 g/mol. The Labute approximate surface area is 686 Å². The number of aryl methyl sites for hydroxylation is 5. The summed E-state index contributed by atoms with van der Waals surface area (Å²) in [7, 11) is 7.94. The van der Waals surface area contributed by atoms with Crippen molar-refractivity contribution in [1.29, 1.82) is 0 Å². The van der Waals surface area contributed by atoms with E-state index in [4.69, 9.17) is 55.2 Å². The predicted octanol–water partition coefficient (Wildman–Crippen LogP) is 4.78. The molecule has 39 heteroatoms. The summed E-state index contributed by atoms with van der Waals surface area (Å²) >= 11 is 6.14. The fourth-order valence-electron chi connectivity index (χ4n) is 12.3. The summed E-state index contributed by atoms with van der Waals surface area (Å²) in [6.45, 7) is 10.1.